The maximum absolute atomic E-state index is 8.91. The Morgan fingerprint density at radius 2 is 2.15 bits per heavy atom. The molecule has 0 spiro atoms. The summed E-state index contributed by atoms with van der Waals surface area (Å²) < 4.78 is 1.82. The first-order valence-electron chi connectivity index (χ1n) is 6.37. The van der Waals surface area contributed by atoms with E-state index in [0.717, 1.165) is 28.5 Å². The highest BCUT2D eigenvalue weighted by atomic mass is 35.5. The minimum Gasteiger partial charge on any atom is -0.296 e. The first-order valence-corrected chi connectivity index (χ1v) is 6.74. The Bertz CT molecular complexity index is 654. The second-order valence-electron chi connectivity index (χ2n) is 4.95. The maximum atomic E-state index is 8.91. The van der Waals surface area contributed by atoms with E-state index in [2.05, 4.69) is 16.1 Å². The topological polar surface area (TPSA) is 44.9 Å². The molecule has 104 valence electrons. The van der Waals surface area contributed by atoms with Crippen LogP contribution in [0.5, 0.6) is 0 Å². The van der Waals surface area contributed by atoms with Crippen LogP contribution in [0.4, 0.5) is 0 Å². The Hall–Kier alpha value is -1.83. The third-order valence-electron chi connectivity index (χ3n) is 3.19. The van der Waals surface area contributed by atoms with Crippen LogP contribution in [0.3, 0.4) is 0 Å². The normalized spacial score (nSPS) is 10.8. The van der Waals surface area contributed by atoms with Crippen molar-refractivity contribution >= 4 is 11.6 Å². The van der Waals surface area contributed by atoms with Gasteiger partial charge in [-0.25, -0.2) is 0 Å². The highest BCUT2D eigenvalue weighted by Crippen LogP contribution is 2.21. The van der Waals surface area contributed by atoms with Gasteiger partial charge in [-0.2, -0.15) is 10.4 Å². The standard InChI is InChI=1S/C15H17ClN4/c1-11-15(16)14(20(3)18-11)10-19(2)9-13-6-4-5-12(7-13)8-17/h4-7H,9-10H2,1-3H3. The molecule has 0 bridgehead atoms. The van der Waals surface area contributed by atoms with Crippen molar-refractivity contribution < 1.29 is 0 Å². The zero-order valence-electron chi connectivity index (χ0n) is 11.9. The monoisotopic (exact) mass is 288 g/mol. The summed E-state index contributed by atoms with van der Waals surface area (Å²) >= 11 is 6.26. The third kappa shape index (κ3) is 3.19. The van der Waals surface area contributed by atoms with Gasteiger partial charge in [0.25, 0.3) is 0 Å². The molecule has 2 rings (SSSR count). The molecule has 0 fully saturated rings. The fourth-order valence-electron chi connectivity index (χ4n) is 2.21. The van der Waals surface area contributed by atoms with Crippen LogP contribution in [0.15, 0.2) is 24.3 Å². The van der Waals surface area contributed by atoms with Crippen molar-refractivity contribution in [2.24, 2.45) is 7.05 Å². The lowest BCUT2D eigenvalue weighted by Gasteiger charge is -2.17. The van der Waals surface area contributed by atoms with Crippen LogP contribution in [0.2, 0.25) is 5.02 Å². The van der Waals surface area contributed by atoms with Gasteiger partial charge in [-0.3, -0.25) is 9.58 Å². The molecule has 1 heterocycles. The number of hydrogen-bond donors (Lipinski definition) is 0. The largest absolute Gasteiger partial charge is 0.296 e. The minimum atomic E-state index is 0.685. The number of halogens is 1. The van der Waals surface area contributed by atoms with Crippen molar-refractivity contribution in [1.82, 2.24) is 14.7 Å². The second-order valence-corrected chi connectivity index (χ2v) is 5.33. The number of hydrogen-bond acceptors (Lipinski definition) is 3. The Morgan fingerprint density at radius 1 is 1.40 bits per heavy atom. The molecule has 0 amide bonds. The number of rotatable bonds is 4. The predicted molar refractivity (Wildman–Crippen MR) is 79.3 cm³/mol. The highest BCUT2D eigenvalue weighted by Gasteiger charge is 2.13. The van der Waals surface area contributed by atoms with Gasteiger partial charge in [0.15, 0.2) is 0 Å². The molecule has 0 aliphatic heterocycles. The van der Waals surface area contributed by atoms with Crippen LogP contribution in [0, 0.1) is 18.3 Å². The first kappa shape index (κ1) is 14.6. The smallest absolute Gasteiger partial charge is 0.0991 e. The van der Waals surface area contributed by atoms with Crippen molar-refractivity contribution in [3.8, 4) is 6.07 Å². The average Bonchev–Trinajstić information content (AvgIpc) is 2.65. The summed E-state index contributed by atoms with van der Waals surface area (Å²) in [7, 11) is 3.93. The molecular weight excluding hydrogens is 272 g/mol. The summed E-state index contributed by atoms with van der Waals surface area (Å²) in [5.41, 5.74) is 3.65. The van der Waals surface area contributed by atoms with Crippen LogP contribution in [-0.4, -0.2) is 21.7 Å². The van der Waals surface area contributed by atoms with Gasteiger partial charge in [0.2, 0.25) is 0 Å². The fraction of sp³-hybridized carbons (Fsp3) is 0.333. The van der Waals surface area contributed by atoms with E-state index in [1.165, 1.54) is 0 Å². The lowest BCUT2D eigenvalue weighted by atomic mass is 10.1. The van der Waals surface area contributed by atoms with Crippen molar-refractivity contribution in [1.29, 1.82) is 5.26 Å². The molecule has 0 radical (unpaired) electrons. The molecule has 2 aromatic rings. The van der Waals surface area contributed by atoms with Crippen LogP contribution in [-0.2, 0) is 20.1 Å². The lowest BCUT2D eigenvalue weighted by Crippen LogP contribution is -2.19. The minimum absolute atomic E-state index is 0.685. The number of aryl methyl sites for hydroxylation is 2. The molecule has 0 unspecified atom stereocenters. The maximum Gasteiger partial charge on any atom is 0.0991 e. The fourth-order valence-corrected chi connectivity index (χ4v) is 2.43. The van der Waals surface area contributed by atoms with E-state index in [4.69, 9.17) is 16.9 Å². The zero-order chi connectivity index (χ0) is 14.7. The number of nitrogens with zero attached hydrogens (tertiary/aromatic N) is 4. The van der Waals surface area contributed by atoms with E-state index < -0.39 is 0 Å². The van der Waals surface area contributed by atoms with E-state index in [1.54, 1.807) is 0 Å². The molecule has 0 saturated carbocycles. The van der Waals surface area contributed by atoms with E-state index in [9.17, 15) is 0 Å². The Labute approximate surface area is 124 Å². The van der Waals surface area contributed by atoms with Gasteiger partial charge in [0.1, 0.15) is 0 Å². The summed E-state index contributed by atoms with van der Waals surface area (Å²) in [6.07, 6.45) is 0. The van der Waals surface area contributed by atoms with Gasteiger partial charge in [-0.1, -0.05) is 23.7 Å². The first-order chi connectivity index (χ1) is 9.51. The number of nitriles is 1. The van der Waals surface area contributed by atoms with E-state index in [1.807, 2.05) is 50.0 Å². The molecule has 4 nitrogen and oxygen atoms in total. The SMILES string of the molecule is Cc1nn(C)c(CN(C)Cc2cccc(C#N)c2)c1Cl. The van der Waals surface area contributed by atoms with Crippen molar-refractivity contribution in [3.63, 3.8) is 0 Å². The van der Waals surface area contributed by atoms with E-state index >= 15 is 0 Å². The average molecular weight is 289 g/mol. The summed E-state index contributed by atoms with van der Waals surface area (Å²) in [5.74, 6) is 0. The van der Waals surface area contributed by atoms with Crippen molar-refractivity contribution in [3.05, 3.63) is 51.8 Å². The Balaban J connectivity index is 2.09. The molecular formula is C15H17ClN4. The van der Waals surface area contributed by atoms with Gasteiger partial charge in [0.05, 0.1) is 28.0 Å². The van der Waals surface area contributed by atoms with E-state index in [0.29, 0.717) is 12.1 Å². The zero-order valence-corrected chi connectivity index (χ0v) is 12.6. The lowest BCUT2D eigenvalue weighted by molar-refractivity contribution is 0.309. The van der Waals surface area contributed by atoms with Gasteiger partial charge in [0, 0.05) is 20.1 Å². The third-order valence-corrected chi connectivity index (χ3v) is 3.68. The number of benzene rings is 1. The van der Waals surface area contributed by atoms with Gasteiger partial charge >= 0.3 is 0 Å². The summed E-state index contributed by atoms with van der Waals surface area (Å²) in [5, 5.41) is 14.0. The predicted octanol–water partition coefficient (Wildman–Crippen LogP) is 2.89. The molecule has 5 heteroatoms. The molecule has 1 aromatic heterocycles. The van der Waals surface area contributed by atoms with Crippen molar-refractivity contribution in [2.45, 2.75) is 20.0 Å². The van der Waals surface area contributed by atoms with Crippen molar-refractivity contribution in [2.75, 3.05) is 7.05 Å². The molecule has 0 N–H and O–H groups in total. The molecule has 1 aromatic carbocycles. The van der Waals surface area contributed by atoms with Crippen LogP contribution < -0.4 is 0 Å². The molecule has 20 heavy (non-hydrogen) atoms. The quantitative estimate of drug-likeness (QED) is 0.869. The number of aromatic nitrogens is 2. The molecule has 0 saturated heterocycles. The summed E-state index contributed by atoms with van der Waals surface area (Å²) in [4.78, 5) is 2.15. The highest BCUT2D eigenvalue weighted by molar-refractivity contribution is 6.31. The van der Waals surface area contributed by atoms with Gasteiger partial charge < -0.3 is 0 Å². The van der Waals surface area contributed by atoms with Gasteiger partial charge in [-0.05, 0) is 31.7 Å². The summed E-state index contributed by atoms with van der Waals surface area (Å²) in [6, 6.07) is 9.80. The Kier molecular flexibility index (Phi) is 4.43. The molecule has 0 aliphatic carbocycles. The van der Waals surface area contributed by atoms with E-state index in [-0.39, 0.29) is 0 Å². The molecule has 0 atom stereocenters. The van der Waals surface area contributed by atoms with Crippen LogP contribution in [0.1, 0.15) is 22.5 Å². The summed E-state index contributed by atoms with van der Waals surface area (Å²) in [6.45, 7) is 3.38. The van der Waals surface area contributed by atoms with Gasteiger partial charge in [-0.15, -0.1) is 0 Å². The molecule has 0 aliphatic rings. The Morgan fingerprint density at radius 3 is 2.75 bits per heavy atom. The van der Waals surface area contributed by atoms with Crippen LogP contribution >= 0.6 is 11.6 Å². The van der Waals surface area contributed by atoms with Crippen LogP contribution in [0.25, 0.3) is 0 Å². The second kappa shape index (κ2) is 6.08.